The Kier molecular flexibility index (Phi) is 7.92. The number of rotatable bonds is 11. The molecule has 0 saturated heterocycles. The first-order chi connectivity index (χ1) is 16.8. The fourth-order valence-electron chi connectivity index (χ4n) is 3.45. The van der Waals surface area contributed by atoms with Gasteiger partial charge in [0.15, 0.2) is 0 Å². The van der Waals surface area contributed by atoms with Gasteiger partial charge in [0.25, 0.3) is 21.7 Å². The number of nitrogens with two attached hydrogens (primary N) is 1. The maximum Gasteiger partial charge on any atom is 0.292 e. The van der Waals surface area contributed by atoms with Crippen molar-refractivity contribution in [1.82, 2.24) is 15.5 Å². The largest absolute Gasteiger partial charge is 0.393 e. The molecule has 0 aliphatic heterocycles. The lowest BCUT2D eigenvalue weighted by atomic mass is 10.0. The number of nitro groups is 1. The monoisotopic (exact) mass is 540 g/mol. The van der Waals surface area contributed by atoms with Crippen LogP contribution in [0.2, 0.25) is 0 Å². The number of benzene rings is 2. The minimum atomic E-state index is -4.16. The van der Waals surface area contributed by atoms with Crippen molar-refractivity contribution in [2.24, 2.45) is 0 Å². The van der Waals surface area contributed by atoms with Gasteiger partial charge in [-0.2, -0.15) is 13.5 Å². The van der Waals surface area contributed by atoms with Gasteiger partial charge >= 0.3 is 0 Å². The van der Waals surface area contributed by atoms with E-state index in [1.54, 1.807) is 6.07 Å². The summed E-state index contributed by atoms with van der Waals surface area (Å²) < 4.78 is 52.6. The second-order valence-electron chi connectivity index (χ2n) is 7.83. The Morgan fingerprint density at radius 2 is 1.92 bits per heavy atom. The van der Waals surface area contributed by atoms with Gasteiger partial charge < -0.3 is 11.1 Å². The van der Waals surface area contributed by atoms with Crippen LogP contribution >= 0.6 is 0 Å². The highest BCUT2D eigenvalue weighted by Gasteiger charge is 2.30. The van der Waals surface area contributed by atoms with Gasteiger partial charge in [-0.3, -0.25) is 24.2 Å². The smallest absolute Gasteiger partial charge is 0.292 e. The zero-order valence-electron chi connectivity index (χ0n) is 19.3. The number of nitrogens with one attached hydrogen (secondary N) is 2. The fraction of sp³-hybridized carbons (Fsp3) is 0.300. The molecule has 0 atom stereocenters. The van der Waals surface area contributed by atoms with Crippen LogP contribution in [0.5, 0.6) is 0 Å². The Balaban J connectivity index is 1.96. The summed E-state index contributed by atoms with van der Waals surface area (Å²) in [5.41, 5.74) is 5.60. The number of nitro benzene ring substituents is 1. The molecule has 0 aliphatic rings. The zero-order valence-corrected chi connectivity index (χ0v) is 20.9. The van der Waals surface area contributed by atoms with Crippen LogP contribution in [0.3, 0.4) is 0 Å². The Morgan fingerprint density at radius 1 is 1.19 bits per heavy atom. The van der Waals surface area contributed by atoms with Crippen LogP contribution in [0.1, 0.15) is 15.9 Å². The highest BCUT2D eigenvalue weighted by molar-refractivity contribution is 7.92. The number of carbonyl (C=O) groups excluding carboxylic acids is 1. The molecule has 16 heteroatoms. The van der Waals surface area contributed by atoms with E-state index >= 15 is 0 Å². The Morgan fingerprint density at radius 3 is 2.56 bits per heavy atom. The molecule has 1 heterocycles. The quantitative estimate of drug-likeness (QED) is 0.102. The van der Waals surface area contributed by atoms with Crippen LogP contribution in [0.15, 0.2) is 36.5 Å². The minimum Gasteiger partial charge on any atom is -0.393 e. The minimum absolute atomic E-state index is 0.0146. The van der Waals surface area contributed by atoms with E-state index in [-0.39, 0.29) is 48.6 Å². The predicted octanol–water partition coefficient (Wildman–Crippen LogP) is 0.768. The highest BCUT2D eigenvalue weighted by Crippen LogP contribution is 2.30. The van der Waals surface area contributed by atoms with Gasteiger partial charge in [-0.25, -0.2) is 12.7 Å². The van der Waals surface area contributed by atoms with Crippen molar-refractivity contribution in [2.45, 2.75) is 6.42 Å². The van der Waals surface area contributed by atoms with E-state index in [1.165, 1.54) is 24.4 Å². The topological polar surface area (TPSA) is 208 Å². The molecular weight excluding hydrogens is 516 g/mol. The van der Waals surface area contributed by atoms with Crippen molar-refractivity contribution in [2.75, 3.05) is 42.2 Å². The third-order valence-corrected chi connectivity index (χ3v) is 6.64. The number of H-pyrrole nitrogens is 1. The van der Waals surface area contributed by atoms with Crippen LogP contribution in [-0.4, -0.2) is 70.1 Å². The first kappa shape index (κ1) is 27.0. The molecular formula is C20H24N6O8S2. The highest BCUT2D eigenvalue weighted by atomic mass is 32.2. The summed E-state index contributed by atoms with van der Waals surface area (Å²) >= 11 is 0. The number of fused-ring (bicyclic) bond motifs is 1. The summed E-state index contributed by atoms with van der Waals surface area (Å²) in [5, 5.41) is 21.7. The van der Waals surface area contributed by atoms with Crippen LogP contribution in [0, 0.1) is 10.1 Å². The molecule has 194 valence electrons. The lowest BCUT2D eigenvalue weighted by Gasteiger charge is -2.22. The molecule has 4 N–H and O–H groups in total. The standard InChI is InChI=1S/C20H24N6O8S2/c1-35(30,31)25(15-4-3-14-12-23-24-18(14)10-15)20(27)16-11-19(26(28)29)17(21)9-13(16)5-6-22-7-8-34-36(2,32)33/h3-4,9-12,22H,5-8,21H2,1-2H3,(H,23,24). The number of carbonyl (C=O) groups is 1. The number of nitrogens with zero attached hydrogens (tertiary/aromatic N) is 3. The molecule has 1 amide bonds. The third kappa shape index (κ3) is 6.54. The molecule has 14 nitrogen and oxygen atoms in total. The Bertz CT molecular complexity index is 1520. The van der Waals surface area contributed by atoms with Gasteiger partial charge in [0.05, 0.1) is 47.0 Å². The number of anilines is 2. The van der Waals surface area contributed by atoms with E-state index in [0.717, 1.165) is 18.6 Å². The Labute approximate surface area is 206 Å². The molecule has 0 fully saturated rings. The summed E-state index contributed by atoms with van der Waals surface area (Å²) in [4.78, 5) is 24.3. The van der Waals surface area contributed by atoms with Crippen molar-refractivity contribution < 1.29 is 30.7 Å². The fourth-order valence-corrected chi connectivity index (χ4v) is 4.73. The van der Waals surface area contributed by atoms with E-state index in [2.05, 4.69) is 19.7 Å². The molecule has 1 aromatic heterocycles. The molecule has 0 unspecified atom stereocenters. The molecule has 0 radical (unpaired) electrons. The van der Waals surface area contributed by atoms with Crippen molar-refractivity contribution in [1.29, 1.82) is 0 Å². The number of hydrogen-bond donors (Lipinski definition) is 3. The van der Waals surface area contributed by atoms with Gasteiger partial charge in [0, 0.05) is 18.0 Å². The summed E-state index contributed by atoms with van der Waals surface area (Å²) in [6.07, 6.45) is 3.42. The van der Waals surface area contributed by atoms with Crippen LogP contribution in [-0.2, 0) is 30.7 Å². The number of sulfonamides is 1. The van der Waals surface area contributed by atoms with Gasteiger partial charge in [-0.1, -0.05) is 0 Å². The lowest BCUT2D eigenvalue weighted by Crippen LogP contribution is -2.37. The number of nitrogen functional groups attached to an aromatic ring is 1. The number of aromatic amines is 1. The summed E-state index contributed by atoms with van der Waals surface area (Å²) in [6.45, 7) is 0.257. The van der Waals surface area contributed by atoms with E-state index in [4.69, 9.17) is 5.73 Å². The Hall–Kier alpha value is -3.60. The number of amides is 1. The average Bonchev–Trinajstić information content (AvgIpc) is 3.22. The molecule has 3 aromatic rings. The number of aromatic nitrogens is 2. The van der Waals surface area contributed by atoms with E-state index in [0.29, 0.717) is 15.2 Å². The van der Waals surface area contributed by atoms with Gasteiger partial charge in [0.1, 0.15) is 5.69 Å². The van der Waals surface area contributed by atoms with Gasteiger partial charge in [-0.15, -0.1) is 0 Å². The average molecular weight is 541 g/mol. The van der Waals surface area contributed by atoms with Crippen molar-refractivity contribution in [3.05, 3.63) is 57.8 Å². The van der Waals surface area contributed by atoms with Gasteiger partial charge in [-0.05, 0) is 42.8 Å². The van der Waals surface area contributed by atoms with E-state index in [9.17, 15) is 31.7 Å². The van der Waals surface area contributed by atoms with E-state index in [1.807, 2.05) is 0 Å². The second-order valence-corrected chi connectivity index (χ2v) is 11.3. The normalized spacial score (nSPS) is 12.1. The van der Waals surface area contributed by atoms with Crippen molar-refractivity contribution in [3.8, 4) is 0 Å². The summed E-state index contributed by atoms with van der Waals surface area (Å²) in [5.74, 6) is -1.00. The molecule has 0 aliphatic carbocycles. The summed E-state index contributed by atoms with van der Waals surface area (Å²) in [7, 11) is -7.76. The van der Waals surface area contributed by atoms with E-state index < -0.39 is 36.7 Å². The zero-order chi connectivity index (χ0) is 26.7. The lowest BCUT2D eigenvalue weighted by molar-refractivity contribution is -0.383. The SMILES string of the molecule is CS(=O)(=O)OCCNCCc1cc(N)c([N+](=O)[O-])cc1C(=O)N(c1ccc2cn[nH]c2c1)S(C)(=O)=O. The molecule has 0 bridgehead atoms. The maximum atomic E-state index is 13.6. The molecule has 0 saturated carbocycles. The predicted molar refractivity (Wildman–Crippen MR) is 133 cm³/mol. The summed E-state index contributed by atoms with van der Waals surface area (Å²) in [6, 6.07) is 6.63. The van der Waals surface area contributed by atoms with Crippen molar-refractivity contribution in [3.63, 3.8) is 0 Å². The van der Waals surface area contributed by atoms with Crippen LogP contribution in [0.4, 0.5) is 17.1 Å². The number of hydrogen-bond acceptors (Lipinski definition) is 11. The van der Waals surface area contributed by atoms with Gasteiger partial charge in [0.2, 0.25) is 10.0 Å². The molecule has 0 spiro atoms. The maximum absolute atomic E-state index is 13.6. The first-order valence-electron chi connectivity index (χ1n) is 10.4. The molecule has 2 aromatic carbocycles. The molecule has 3 rings (SSSR count). The first-order valence-corrected chi connectivity index (χ1v) is 14.0. The third-order valence-electron chi connectivity index (χ3n) is 5.00. The van der Waals surface area contributed by atoms with Crippen LogP contribution in [0.25, 0.3) is 10.9 Å². The second kappa shape index (κ2) is 10.6. The van der Waals surface area contributed by atoms with Crippen molar-refractivity contribution >= 4 is 54.0 Å². The van der Waals surface area contributed by atoms with Crippen LogP contribution < -0.4 is 15.4 Å². The molecule has 36 heavy (non-hydrogen) atoms.